The van der Waals surface area contributed by atoms with Gasteiger partial charge < -0.3 is 20.9 Å². The third-order valence-electron chi connectivity index (χ3n) is 4.01. The standard InChI is InChI=1S/C14H33N5/c1-3-17(8-5-15)9-6-16-7-10-19-13-11-18(4-2)12-14-19/h16H,3-15H2,1-2H3. The van der Waals surface area contributed by atoms with Crippen molar-refractivity contribution in [3.63, 3.8) is 0 Å². The third kappa shape index (κ3) is 7.22. The lowest BCUT2D eigenvalue weighted by Crippen LogP contribution is -2.48. The molecule has 5 nitrogen and oxygen atoms in total. The maximum atomic E-state index is 5.58. The number of likely N-dealkylation sites (N-methyl/N-ethyl adjacent to an activating group) is 2. The summed E-state index contributed by atoms with van der Waals surface area (Å²) in [6, 6.07) is 0. The highest BCUT2D eigenvalue weighted by molar-refractivity contribution is 4.71. The lowest BCUT2D eigenvalue weighted by atomic mass is 10.3. The normalized spacial score (nSPS) is 18.3. The number of nitrogens with two attached hydrogens (primary N) is 1. The van der Waals surface area contributed by atoms with Crippen LogP contribution in [0, 0.1) is 0 Å². The van der Waals surface area contributed by atoms with Crippen molar-refractivity contribution >= 4 is 0 Å². The van der Waals surface area contributed by atoms with Crippen molar-refractivity contribution in [3.05, 3.63) is 0 Å². The molecule has 114 valence electrons. The van der Waals surface area contributed by atoms with Crippen molar-refractivity contribution < 1.29 is 0 Å². The number of piperazine rings is 1. The van der Waals surface area contributed by atoms with E-state index < -0.39 is 0 Å². The molecule has 1 aliphatic rings. The molecule has 5 heteroatoms. The van der Waals surface area contributed by atoms with Gasteiger partial charge in [-0.25, -0.2) is 0 Å². The van der Waals surface area contributed by atoms with Crippen molar-refractivity contribution in [3.8, 4) is 0 Å². The lowest BCUT2D eigenvalue weighted by molar-refractivity contribution is 0.137. The molecule has 0 saturated carbocycles. The Hall–Kier alpha value is -0.200. The van der Waals surface area contributed by atoms with Crippen molar-refractivity contribution in [2.24, 2.45) is 5.73 Å². The SMILES string of the molecule is CCN(CCN)CCNCCN1CCN(CC)CC1. The Kier molecular flexibility index (Phi) is 9.38. The number of hydrogen-bond donors (Lipinski definition) is 2. The molecule has 0 bridgehead atoms. The largest absolute Gasteiger partial charge is 0.329 e. The summed E-state index contributed by atoms with van der Waals surface area (Å²) in [6.45, 7) is 17.9. The van der Waals surface area contributed by atoms with Crippen LogP contribution < -0.4 is 11.1 Å². The van der Waals surface area contributed by atoms with Crippen LogP contribution in [0.25, 0.3) is 0 Å². The number of nitrogens with zero attached hydrogens (tertiary/aromatic N) is 3. The second-order valence-electron chi connectivity index (χ2n) is 5.25. The summed E-state index contributed by atoms with van der Waals surface area (Å²) in [5.74, 6) is 0. The van der Waals surface area contributed by atoms with Gasteiger partial charge in [0.25, 0.3) is 0 Å². The van der Waals surface area contributed by atoms with Gasteiger partial charge in [0.05, 0.1) is 0 Å². The topological polar surface area (TPSA) is 47.8 Å². The molecule has 3 N–H and O–H groups in total. The number of nitrogens with one attached hydrogen (secondary N) is 1. The predicted molar refractivity (Wildman–Crippen MR) is 82.6 cm³/mol. The fourth-order valence-electron chi connectivity index (χ4n) is 2.54. The molecule has 0 spiro atoms. The Bertz CT molecular complexity index is 204. The minimum Gasteiger partial charge on any atom is -0.329 e. The summed E-state index contributed by atoms with van der Waals surface area (Å²) in [5.41, 5.74) is 5.58. The van der Waals surface area contributed by atoms with Crippen LogP contribution in [0.15, 0.2) is 0 Å². The van der Waals surface area contributed by atoms with Gasteiger partial charge in [0, 0.05) is 65.4 Å². The monoisotopic (exact) mass is 271 g/mol. The molecule has 0 atom stereocenters. The van der Waals surface area contributed by atoms with E-state index in [0.29, 0.717) is 0 Å². The van der Waals surface area contributed by atoms with Crippen LogP contribution in [0.3, 0.4) is 0 Å². The predicted octanol–water partition coefficient (Wildman–Crippen LogP) is -0.506. The Balaban J connectivity index is 1.96. The smallest absolute Gasteiger partial charge is 0.0110 e. The van der Waals surface area contributed by atoms with Gasteiger partial charge in [-0.05, 0) is 13.1 Å². The van der Waals surface area contributed by atoms with E-state index >= 15 is 0 Å². The highest BCUT2D eigenvalue weighted by atomic mass is 15.3. The van der Waals surface area contributed by atoms with Crippen molar-refractivity contribution in [1.82, 2.24) is 20.0 Å². The summed E-state index contributed by atoms with van der Waals surface area (Å²) in [7, 11) is 0. The zero-order valence-corrected chi connectivity index (χ0v) is 12.9. The lowest BCUT2D eigenvalue weighted by Gasteiger charge is -2.34. The molecule has 0 unspecified atom stereocenters. The molecule has 1 rings (SSSR count). The summed E-state index contributed by atoms with van der Waals surface area (Å²) in [6.07, 6.45) is 0. The molecule has 0 aromatic rings. The van der Waals surface area contributed by atoms with Gasteiger partial charge >= 0.3 is 0 Å². The first kappa shape index (κ1) is 16.9. The van der Waals surface area contributed by atoms with Crippen LogP contribution in [-0.2, 0) is 0 Å². The molecule has 0 aromatic carbocycles. The highest BCUT2D eigenvalue weighted by Crippen LogP contribution is 1.99. The van der Waals surface area contributed by atoms with Gasteiger partial charge in [0.1, 0.15) is 0 Å². The van der Waals surface area contributed by atoms with Crippen LogP contribution in [0.1, 0.15) is 13.8 Å². The molecular weight excluding hydrogens is 238 g/mol. The second kappa shape index (κ2) is 10.6. The highest BCUT2D eigenvalue weighted by Gasteiger charge is 2.14. The molecule has 1 aliphatic heterocycles. The van der Waals surface area contributed by atoms with E-state index in [4.69, 9.17) is 5.73 Å². The maximum absolute atomic E-state index is 5.58. The molecular formula is C14H33N5. The average Bonchev–Trinajstić information content (AvgIpc) is 2.46. The molecule has 0 aliphatic carbocycles. The molecule has 1 heterocycles. The summed E-state index contributed by atoms with van der Waals surface area (Å²) < 4.78 is 0. The Morgan fingerprint density at radius 2 is 1.68 bits per heavy atom. The molecule has 0 amide bonds. The minimum absolute atomic E-state index is 0.759. The molecule has 1 fully saturated rings. The van der Waals surface area contributed by atoms with E-state index in [1.807, 2.05) is 0 Å². The summed E-state index contributed by atoms with van der Waals surface area (Å²) in [4.78, 5) is 7.49. The zero-order chi connectivity index (χ0) is 13.9. The van der Waals surface area contributed by atoms with E-state index in [1.54, 1.807) is 0 Å². The van der Waals surface area contributed by atoms with Gasteiger partial charge in [-0.2, -0.15) is 0 Å². The Morgan fingerprint density at radius 1 is 1.00 bits per heavy atom. The van der Waals surface area contributed by atoms with Gasteiger partial charge in [0.2, 0.25) is 0 Å². The Labute approximate surface area is 119 Å². The molecule has 0 aromatic heterocycles. The second-order valence-corrected chi connectivity index (χ2v) is 5.25. The van der Waals surface area contributed by atoms with E-state index in [2.05, 4.69) is 33.9 Å². The number of rotatable bonds is 10. The minimum atomic E-state index is 0.759. The first-order valence-electron chi connectivity index (χ1n) is 7.88. The fourth-order valence-corrected chi connectivity index (χ4v) is 2.54. The average molecular weight is 271 g/mol. The van der Waals surface area contributed by atoms with Gasteiger partial charge in [-0.3, -0.25) is 4.90 Å². The van der Waals surface area contributed by atoms with Gasteiger partial charge in [-0.15, -0.1) is 0 Å². The van der Waals surface area contributed by atoms with E-state index in [0.717, 1.165) is 39.3 Å². The fraction of sp³-hybridized carbons (Fsp3) is 1.00. The van der Waals surface area contributed by atoms with Crippen LogP contribution in [0.4, 0.5) is 0 Å². The van der Waals surface area contributed by atoms with E-state index in [1.165, 1.54) is 39.3 Å². The molecule has 0 radical (unpaired) electrons. The molecule has 19 heavy (non-hydrogen) atoms. The first-order chi connectivity index (χ1) is 9.30. The van der Waals surface area contributed by atoms with Crippen LogP contribution in [-0.4, -0.2) is 93.2 Å². The van der Waals surface area contributed by atoms with Crippen LogP contribution >= 0.6 is 0 Å². The zero-order valence-electron chi connectivity index (χ0n) is 12.9. The van der Waals surface area contributed by atoms with Crippen molar-refractivity contribution in [2.45, 2.75) is 13.8 Å². The van der Waals surface area contributed by atoms with Gasteiger partial charge in [0.15, 0.2) is 0 Å². The van der Waals surface area contributed by atoms with Crippen LogP contribution in [0.2, 0.25) is 0 Å². The summed E-state index contributed by atoms with van der Waals surface area (Å²) in [5, 5.41) is 3.54. The van der Waals surface area contributed by atoms with Crippen molar-refractivity contribution in [2.75, 3.05) is 78.5 Å². The maximum Gasteiger partial charge on any atom is 0.0110 e. The van der Waals surface area contributed by atoms with Crippen LogP contribution in [0.5, 0.6) is 0 Å². The Morgan fingerprint density at radius 3 is 2.26 bits per heavy atom. The third-order valence-corrected chi connectivity index (χ3v) is 4.01. The van der Waals surface area contributed by atoms with Crippen molar-refractivity contribution in [1.29, 1.82) is 0 Å². The molecule has 1 saturated heterocycles. The first-order valence-corrected chi connectivity index (χ1v) is 7.88. The number of hydrogen-bond acceptors (Lipinski definition) is 5. The summed E-state index contributed by atoms with van der Waals surface area (Å²) >= 11 is 0. The van der Waals surface area contributed by atoms with E-state index in [-0.39, 0.29) is 0 Å². The van der Waals surface area contributed by atoms with E-state index in [9.17, 15) is 0 Å². The van der Waals surface area contributed by atoms with Gasteiger partial charge in [-0.1, -0.05) is 13.8 Å². The quantitative estimate of drug-likeness (QED) is 0.524.